The summed E-state index contributed by atoms with van der Waals surface area (Å²) in [5.74, 6) is 0.157. The lowest BCUT2D eigenvalue weighted by atomic mass is 9.99. The van der Waals surface area contributed by atoms with Crippen molar-refractivity contribution in [1.29, 1.82) is 0 Å². The molecule has 144 valence electrons. The van der Waals surface area contributed by atoms with Crippen LogP contribution < -0.4 is 0 Å². The van der Waals surface area contributed by atoms with E-state index in [2.05, 4.69) is 22.0 Å². The van der Waals surface area contributed by atoms with E-state index in [4.69, 9.17) is 4.74 Å². The number of pyridine rings is 1. The zero-order valence-electron chi connectivity index (χ0n) is 16.3. The predicted octanol–water partition coefficient (Wildman–Crippen LogP) is 2.76. The Kier molecular flexibility index (Phi) is 6.58. The highest BCUT2D eigenvalue weighted by Crippen LogP contribution is 2.21. The molecule has 1 aromatic heterocycles. The quantitative estimate of drug-likeness (QED) is 0.755. The van der Waals surface area contributed by atoms with Crippen LogP contribution in [0.5, 0.6) is 0 Å². The van der Waals surface area contributed by atoms with Gasteiger partial charge in [0.1, 0.15) is 0 Å². The molecule has 5 heteroatoms. The number of benzene rings is 1. The zero-order chi connectivity index (χ0) is 19.1. The Balaban J connectivity index is 1.75. The Bertz CT molecular complexity index is 713. The molecule has 0 spiro atoms. The molecule has 1 fully saturated rings. The van der Waals surface area contributed by atoms with Crippen molar-refractivity contribution in [2.24, 2.45) is 0 Å². The third-order valence-electron chi connectivity index (χ3n) is 5.22. The van der Waals surface area contributed by atoms with Crippen molar-refractivity contribution in [3.05, 3.63) is 66.0 Å². The minimum absolute atomic E-state index is 0.157. The van der Waals surface area contributed by atoms with Gasteiger partial charge in [-0.2, -0.15) is 0 Å². The molecule has 0 atom stereocenters. The van der Waals surface area contributed by atoms with Crippen LogP contribution >= 0.6 is 0 Å². The number of ether oxygens (including phenoxy) is 1. The molecular weight excluding hydrogens is 338 g/mol. The van der Waals surface area contributed by atoms with Crippen LogP contribution in [-0.2, 0) is 22.5 Å². The van der Waals surface area contributed by atoms with Gasteiger partial charge >= 0.3 is 0 Å². The number of nitrogens with zero attached hydrogens (tertiary/aromatic N) is 3. The molecule has 0 radical (unpaired) electrons. The lowest BCUT2D eigenvalue weighted by molar-refractivity contribution is -0.146. The Hall–Kier alpha value is -2.24. The average molecular weight is 367 g/mol. The summed E-state index contributed by atoms with van der Waals surface area (Å²) in [5.41, 5.74) is 1.74. The number of aromatic nitrogens is 1. The van der Waals surface area contributed by atoms with Gasteiger partial charge in [0.25, 0.3) is 0 Å². The molecule has 5 nitrogen and oxygen atoms in total. The van der Waals surface area contributed by atoms with E-state index in [0.29, 0.717) is 26.3 Å². The molecule has 1 aliphatic heterocycles. The Morgan fingerprint density at radius 2 is 1.81 bits per heavy atom. The molecule has 0 aliphatic carbocycles. The summed E-state index contributed by atoms with van der Waals surface area (Å²) in [7, 11) is 0. The summed E-state index contributed by atoms with van der Waals surface area (Å²) in [4.78, 5) is 21.9. The molecular formula is C22H29N3O2. The summed E-state index contributed by atoms with van der Waals surface area (Å²) in [6.07, 6.45) is 4.44. The summed E-state index contributed by atoms with van der Waals surface area (Å²) >= 11 is 0. The van der Waals surface area contributed by atoms with Crippen LogP contribution in [-0.4, -0.2) is 59.1 Å². The maximum atomic E-state index is 13.5. The fraction of sp³-hybridized carbons (Fsp3) is 0.455. The van der Waals surface area contributed by atoms with E-state index in [1.807, 2.05) is 55.3 Å². The number of amides is 1. The molecule has 0 saturated carbocycles. The first-order valence-corrected chi connectivity index (χ1v) is 9.62. The van der Waals surface area contributed by atoms with E-state index in [9.17, 15) is 4.79 Å². The van der Waals surface area contributed by atoms with E-state index >= 15 is 0 Å². The van der Waals surface area contributed by atoms with E-state index < -0.39 is 5.54 Å². The monoisotopic (exact) mass is 367 g/mol. The van der Waals surface area contributed by atoms with Gasteiger partial charge in [0.05, 0.1) is 18.8 Å². The molecule has 27 heavy (non-hydrogen) atoms. The Morgan fingerprint density at radius 3 is 2.48 bits per heavy atom. The van der Waals surface area contributed by atoms with Crippen molar-refractivity contribution >= 4 is 5.91 Å². The number of morpholine rings is 1. The van der Waals surface area contributed by atoms with Gasteiger partial charge in [-0.1, -0.05) is 36.4 Å². The van der Waals surface area contributed by atoms with Crippen LogP contribution in [0.25, 0.3) is 0 Å². The minimum Gasteiger partial charge on any atom is -0.379 e. The minimum atomic E-state index is -0.553. The molecule has 2 aromatic rings. The van der Waals surface area contributed by atoms with Crippen molar-refractivity contribution in [3.63, 3.8) is 0 Å². The Morgan fingerprint density at radius 1 is 1.11 bits per heavy atom. The molecule has 3 rings (SSSR count). The summed E-state index contributed by atoms with van der Waals surface area (Å²) < 4.78 is 5.46. The highest BCUT2D eigenvalue weighted by molar-refractivity contribution is 5.85. The maximum absolute atomic E-state index is 13.5. The van der Waals surface area contributed by atoms with Crippen molar-refractivity contribution in [2.45, 2.75) is 32.4 Å². The summed E-state index contributed by atoms with van der Waals surface area (Å²) in [5, 5.41) is 0. The average Bonchev–Trinajstić information content (AvgIpc) is 2.72. The predicted molar refractivity (Wildman–Crippen MR) is 106 cm³/mol. The van der Waals surface area contributed by atoms with Crippen LogP contribution in [0.4, 0.5) is 0 Å². The fourth-order valence-electron chi connectivity index (χ4n) is 3.52. The molecule has 1 saturated heterocycles. The van der Waals surface area contributed by atoms with E-state index in [0.717, 1.165) is 25.1 Å². The third kappa shape index (κ3) is 5.15. The fourth-order valence-corrected chi connectivity index (χ4v) is 3.52. The first-order chi connectivity index (χ1) is 13.1. The number of carbonyl (C=O) groups excluding carboxylic acids is 1. The third-order valence-corrected chi connectivity index (χ3v) is 5.22. The smallest absolute Gasteiger partial charge is 0.242 e. The first-order valence-electron chi connectivity index (χ1n) is 9.62. The number of carbonyl (C=O) groups is 1. The van der Waals surface area contributed by atoms with Gasteiger partial charge in [0, 0.05) is 38.6 Å². The second-order valence-electron chi connectivity index (χ2n) is 7.48. The number of hydrogen-bond acceptors (Lipinski definition) is 4. The molecule has 2 heterocycles. The standard InChI is InChI=1S/C22H29N3O2/c1-22(2,25-13-15-27-16-14-25)21(26)24(18-20-9-6-11-23-17-20)12-10-19-7-4-3-5-8-19/h3-9,11,17H,10,12-16,18H2,1-2H3. The largest absolute Gasteiger partial charge is 0.379 e. The summed E-state index contributed by atoms with van der Waals surface area (Å²) in [6, 6.07) is 14.3. The van der Waals surface area contributed by atoms with Crippen molar-refractivity contribution in [3.8, 4) is 0 Å². The van der Waals surface area contributed by atoms with Gasteiger partial charge in [-0.25, -0.2) is 0 Å². The SMILES string of the molecule is CC(C)(C(=O)N(CCc1ccccc1)Cc1cccnc1)N1CCOCC1. The van der Waals surface area contributed by atoms with Gasteiger partial charge < -0.3 is 9.64 Å². The topological polar surface area (TPSA) is 45.7 Å². The highest BCUT2D eigenvalue weighted by Gasteiger charge is 2.38. The van der Waals surface area contributed by atoms with Crippen LogP contribution in [0.2, 0.25) is 0 Å². The number of rotatable bonds is 7. The van der Waals surface area contributed by atoms with Crippen LogP contribution in [0.3, 0.4) is 0 Å². The first kappa shape index (κ1) is 19.5. The van der Waals surface area contributed by atoms with Crippen molar-refractivity contribution in [2.75, 3.05) is 32.8 Å². The van der Waals surface area contributed by atoms with Gasteiger partial charge in [-0.15, -0.1) is 0 Å². The van der Waals surface area contributed by atoms with Gasteiger partial charge in [-0.05, 0) is 37.5 Å². The van der Waals surface area contributed by atoms with Crippen LogP contribution in [0.1, 0.15) is 25.0 Å². The lowest BCUT2D eigenvalue weighted by Gasteiger charge is -2.42. The molecule has 0 N–H and O–H groups in total. The normalized spacial score (nSPS) is 15.5. The van der Waals surface area contributed by atoms with Gasteiger partial charge in [0.2, 0.25) is 5.91 Å². The van der Waals surface area contributed by atoms with Crippen LogP contribution in [0, 0.1) is 0 Å². The molecule has 1 aliphatic rings. The molecule has 1 amide bonds. The molecule has 0 bridgehead atoms. The van der Waals surface area contributed by atoms with E-state index in [1.165, 1.54) is 5.56 Å². The zero-order valence-corrected chi connectivity index (χ0v) is 16.3. The van der Waals surface area contributed by atoms with Crippen molar-refractivity contribution in [1.82, 2.24) is 14.8 Å². The molecule has 1 aromatic carbocycles. The lowest BCUT2D eigenvalue weighted by Crippen LogP contribution is -2.59. The maximum Gasteiger partial charge on any atom is 0.242 e. The van der Waals surface area contributed by atoms with E-state index in [-0.39, 0.29) is 5.91 Å². The van der Waals surface area contributed by atoms with Crippen molar-refractivity contribution < 1.29 is 9.53 Å². The second-order valence-corrected chi connectivity index (χ2v) is 7.48. The molecule has 0 unspecified atom stereocenters. The Labute approximate surface area is 162 Å². The second kappa shape index (κ2) is 9.11. The van der Waals surface area contributed by atoms with E-state index in [1.54, 1.807) is 6.20 Å². The summed E-state index contributed by atoms with van der Waals surface area (Å²) in [6.45, 7) is 8.26. The number of hydrogen-bond donors (Lipinski definition) is 0. The van der Waals surface area contributed by atoms with Crippen LogP contribution in [0.15, 0.2) is 54.9 Å². The van der Waals surface area contributed by atoms with Gasteiger partial charge in [0.15, 0.2) is 0 Å². The highest BCUT2D eigenvalue weighted by atomic mass is 16.5. The van der Waals surface area contributed by atoms with Gasteiger partial charge in [-0.3, -0.25) is 14.7 Å².